The van der Waals surface area contributed by atoms with Crippen molar-refractivity contribution in [3.05, 3.63) is 21.3 Å². The molecule has 0 saturated heterocycles. The van der Waals surface area contributed by atoms with Crippen molar-refractivity contribution in [2.45, 2.75) is 13.0 Å². The van der Waals surface area contributed by atoms with Crippen molar-refractivity contribution >= 4 is 22.9 Å². The lowest BCUT2D eigenvalue weighted by atomic mass is 10.1. The van der Waals surface area contributed by atoms with Gasteiger partial charge in [0, 0.05) is 0 Å². The van der Waals surface area contributed by atoms with Crippen LogP contribution in [0.25, 0.3) is 0 Å². The molecule has 1 N–H and O–H groups in total. The van der Waals surface area contributed by atoms with E-state index in [1.54, 1.807) is 0 Å². The van der Waals surface area contributed by atoms with Gasteiger partial charge in [0.1, 0.15) is 0 Å². The summed E-state index contributed by atoms with van der Waals surface area (Å²) >= 11 is 7.29. The zero-order valence-electron chi connectivity index (χ0n) is 6.80. The van der Waals surface area contributed by atoms with Crippen LogP contribution in [0.4, 0.5) is 0 Å². The molecule has 0 bridgehead atoms. The van der Waals surface area contributed by atoms with Gasteiger partial charge in [-0.1, -0.05) is 24.4 Å². The molecule has 0 radical (unpaired) electrons. The predicted molar refractivity (Wildman–Crippen MR) is 54.6 cm³/mol. The molecule has 1 nitrogen and oxygen atoms in total. The zero-order valence-corrected chi connectivity index (χ0v) is 8.38. The van der Waals surface area contributed by atoms with E-state index in [4.69, 9.17) is 18.0 Å². The summed E-state index contributed by atoms with van der Waals surface area (Å²) in [6.45, 7) is 2.89. The molecule has 1 heterocycles. The monoisotopic (exact) mass is 199 g/mol. The van der Waals surface area contributed by atoms with Crippen LogP contribution in [-0.2, 0) is 0 Å². The molecule has 0 fully saturated rings. The number of halogens is 1. The van der Waals surface area contributed by atoms with Crippen molar-refractivity contribution in [3.63, 3.8) is 0 Å². The highest BCUT2D eigenvalue weighted by atomic mass is 35.5. The average Bonchev–Trinajstić information content (AvgIpc) is 2.47. The minimum Gasteiger partial charge on any atom is -0.300 e. The Balaban J connectivity index is 2.74. The van der Waals surface area contributed by atoms with E-state index in [0.717, 1.165) is 16.4 Å². The Labute approximate surface area is 81.7 Å². The Morgan fingerprint density at radius 3 is 3.00 bits per heavy atom. The van der Waals surface area contributed by atoms with Crippen LogP contribution in [0.3, 0.4) is 0 Å². The van der Waals surface area contributed by atoms with Crippen LogP contribution >= 0.6 is 22.9 Å². The second-order valence-corrected chi connectivity index (χ2v) is 3.88. The summed E-state index contributed by atoms with van der Waals surface area (Å²) in [7, 11) is 0. The minimum absolute atomic E-state index is 0.00116. The van der Waals surface area contributed by atoms with Crippen molar-refractivity contribution < 1.29 is 0 Å². The highest BCUT2D eigenvalue weighted by molar-refractivity contribution is 7.14. The van der Waals surface area contributed by atoms with Gasteiger partial charge in [0.2, 0.25) is 0 Å². The Bertz CT molecular complexity index is 287. The molecule has 3 heteroatoms. The van der Waals surface area contributed by atoms with Crippen LogP contribution in [0.1, 0.15) is 18.5 Å². The van der Waals surface area contributed by atoms with Crippen LogP contribution in [0.5, 0.6) is 0 Å². The molecule has 1 rings (SSSR count). The summed E-state index contributed by atoms with van der Waals surface area (Å²) in [5.74, 6) is 2.67. The van der Waals surface area contributed by atoms with Crippen molar-refractivity contribution in [1.29, 1.82) is 0 Å². The first-order chi connectivity index (χ1) is 5.77. The fraction of sp³-hybridized carbons (Fsp3) is 0.333. The smallest absolute Gasteiger partial charge is 0.0951 e. The van der Waals surface area contributed by atoms with Crippen LogP contribution in [0, 0.1) is 12.3 Å². The molecule has 1 unspecified atom stereocenters. The molecule has 1 aromatic rings. The summed E-state index contributed by atoms with van der Waals surface area (Å²) in [5, 5.41) is 5.16. The Kier molecular flexibility index (Phi) is 3.61. The van der Waals surface area contributed by atoms with Crippen LogP contribution in [0.15, 0.2) is 11.4 Å². The maximum absolute atomic E-state index is 5.78. The Morgan fingerprint density at radius 1 is 1.83 bits per heavy atom. The van der Waals surface area contributed by atoms with E-state index in [1.807, 2.05) is 18.4 Å². The third-order valence-electron chi connectivity index (χ3n) is 1.50. The molecule has 0 aliphatic heterocycles. The van der Waals surface area contributed by atoms with Crippen LogP contribution < -0.4 is 5.32 Å². The van der Waals surface area contributed by atoms with Gasteiger partial charge in [0.15, 0.2) is 0 Å². The van der Waals surface area contributed by atoms with E-state index in [1.165, 1.54) is 11.3 Å². The molecule has 12 heavy (non-hydrogen) atoms. The van der Waals surface area contributed by atoms with Crippen molar-refractivity contribution in [2.24, 2.45) is 0 Å². The van der Waals surface area contributed by atoms with Crippen LogP contribution in [-0.4, -0.2) is 6.54 Å². The van der Waals surface area contributed by atoms with Gasteiger partial charge < -0.3 is 5.32 Å². The van der Waals surface area contributed by atoms with E-state index in [2.05, 4.69) is 11.2 Å². The SMILES string of the molecule is C#CC(NCC)c1csc(Cl)c1. The number of hydrogen-bond acceptors (Lipinski definition) is 2. The highest BCUT2D eigenvalue weighted by Crippen LogP contribution is 2.24. The molecule has 0 amide bonds. The average molecular weight is 200 g/mol. The summed E-state index contributed by atoms with van der Waals surface area (Å²) in [4.78, 5) is 0. The number of thiophene rings is 1. The molecular formula is C9H10ClNS. The second kappa shape index (κ2) is 4.51. The molecule has 0 aliphatic rings. The third-order valence-corrected chi connectivity index (χ3v) is 2.61. The van der Waals surface area contributed by atoms with Gasteiger partial charge in [-0.2, -0.15) is 0 Å². The molecule has 1 atom stereocenters. The van der Waals surface area contributed by atoms with Gasteiger partial charge in [-0.3, -0.25) is 0 Å². The van der Waals surface area contributed by atoms with Crippen molar-refractivity contribution in [3.8, 4) is 12.3 Å². The topological polar surface area (TPSA) is 12.0 Å². The molecule has 0 aliphatic carbocycles. The van der Waals surface area contributed by atoms with Crippen molar-refractivity contribution in [2.75, 3.05) is 6.54 Å². The summed E-state index contributed by atoms with van der Waals surface area (Å²) < 4.78 is 0.781. The number of rotatable bonds is 3. The van der Waals surface area contributed by atoms with Gasteiger partial charge in [-0.15, -0.1) is 17.8 Å². The fourth-order valence-electron chi connectivity index (χ4n) is 0.952. The largest absolute Gasteiger partial charge is 0.300 e. The maximum Gasteiger partial charge on any atom is 0.0951 e. The predicted octanol–water partition coefficient (Wildman–Crippen LogP) is 2.69. The molecule has 1 aromatic heterocycles. The second-order valence-electron chi connectivity index (χ2n) is 2.34. The van der Waals surface area contributed by atoms with Gasteiger partial charge in [-0.05, 0) is 23.6 Å². The molecule has 0 saturated carbocycles. The van der Waals surface area contributed by atoms with E-state index in [-0.39, 0.29) is 6.04 Å². The summed E-state index contributed by atoms with van der Waals surface area (Å²) in [6.07, 6.45) is 5.35. The Hall–Kier alpha value is -0.490. The summed E-state index contributed by atoms with van der Waals surface area (Å²) in [6, 6.07) is 1.90. The number of nitrogens with one attached hydrogen (secondary N) is 1. The standard InChI is InChI=1S/C9H10ClNS/c1-3-8(11-4-2)7-5-9(10)12-6-7/h1,5-6,8,11H,4H2,2H3. The fourth-order valence-corrected chi connectivity index (χ4v) is 1.87. The van der Waals surface area contributed by atoms with Gasteiger partial charge in [0.05, 0.1) is 10.4 Å². The molecule has 0 spiro atoms. The maximum atomic E-state index is 5.78. The lowest BCUT2D eigenvalue weighted by Crippen LogP contribution is -2.18. The minimum atomic E-state index is -0.00116. The Morgan fingerprint density at radius 2 is 2.58 bits per heavy atom. The number of terminal acetylenes is 1. The molecule has 0 aromatic carbocycles. The lowest BCUT2D eigenvalue weighted by Gasteiger charge is -2.08. The number of hydrogen-bond donors (Lipinski definition) is 1. The highest BCUT2D eigenvalue weighted by Gasteiger charge is 2.07. The van der Waals surface area contributed by atoms with E-state index >= 15 is 0 Å². The van der Waals surface area contributed by atoms with E-state index < -0.39 is 0 Å². The first kappa shape index (κ1) is 9.60. The quantitative estimate of drug-likeness (QED) is 0.739. The first-order valence-electron chi connectivity index (χ1n) is 3.71. The first-order valence-corrected chi connectivity index (χ1v) is 4.97. The van der Waals surface area contributed by atoms with Gasteiger partial charge in [-0.25, -0.2) is 0 Å². The molecular weight excluding hydrogens is 190 g/mol. The van der Waals surface area contributed by atoms with Crippen LogP contribution in [0.2, 0.25) is 4.34 Å². The summed E-state index contributed by atoms with van der Waals surface area (Å²) in [5.41, 5.74) is 1.08. The van der Waals surface area contributed by atoms with Gasteiger partial charge in [0.25, 0.3) is 0 Å². The molecule has 64 valence electrons. The zero-order chi connectivity index (χ0) is 8.97. The normalized spacial score (nSPS) is 12.4. The van der Waals surface area contributed by atoms with Gasteiger partial charge >= 0.3 is 0 Å². The van der Waals surface area contributed by atoms with Crippen molar-refractivity contribution in [1.82, 2.24) is 5.32 Å². The van der Waals surface area contributed by atoms with E-state index in [0.29, 0.717) is 0 Å². The van der Waals surface area contributed by atoms with E-state index in [9.17, 15) is 0 Å². The lowest BCUT2D eigenvalue weighted by molar-refractivity contribution is 0.667. The third kappa shape index (κ3) is 2.25.